The SMILES string of the molecule is CSC1N=C(C(C)C(=O)O)C([N+](=O)[O-])=C(Oc2cc(Br)cc(C#N)c2)N1N. The fourth-order valence-corrected chi connectivity index (χ4v) is 3.26. The highest BCUT2D eigenvalue weighted by atomic mass is 79.9. The highest BCUT2D eigenvalue weighted by Gasteiger charge is 2.42. The number of carboxylic acid groups (broad SMARTS) is 1. The van der Waals surface area contributed by atoms with Crippen LogP contribution in [0.1, 0.15) is 12.5 Å². The van der Waals surface area contributed by atoms with Crippen LogP contribution in [0.3, 0.4) is 0 Å². The predicted molar refractivity (Wildman–Crippen MR) is 101 cm³/mol. The molecule has 0 fully saturated rings. The normalized spacial score (nSPS) is 17.8. The number of carboxylic acids is 1. The smallest absolute Gasteiger partial charge is 0.352 e. The molecular weight excluding hydrogens is 442 g/mol. The lowest BCUT2D eigenvalue weighted by Gasteiger charge is -2.30. The van der Waals surface area contributed by atoms with Gasteiger partial charge in [0.25, 0.3) is 5.88 Å². The molecule has 0 aliphatic carbocycles. The lowest BCUT2D eigenvalue weighted by Crippen LogP contribution is -2.46. The fourth-order valence-electron chi connectivity index (χ4n) is 2.25. The van der Waals surface area contributed by atoms with Crippen molar-refractivity contribution in [3.05, 3.63) is 49.9 Å². The molecule has 1 heterocycles. The zero-order valence-electron chi connectivity index (χ0n) is 14.1. The van der Waals surface area contributed by atoms with Gasteiger partial charge in [-0.05, 0) is 31.4 Å². The third kappa shape index (κ3) is 4.38. The molecule has 3 N–H and O–H groups in total. The second-order valence-electron chi connectivity index (χ2n) is 5.34. The summed E-state index contributed by atoms with van der Waals surface area (Å²) in [6.07, 6.45) is 1.67. The molecule has 0 amide bonds. The number of halogens is 1. The standard InChI is InChI=1S/C15H14BrN5O5S/c1-7(14(22)23)11-12(21(24)25)13(20(18)15(19-11)27-2)26-10-4-8(6-17)3-9(16)5-10/h3-5,7,15H,18H2,1-2H3,(H,22,23). The number of allylic oxidation sites excluding steroid dienone is 1. The molecule has 0 radical (unpaired) electrons. The van der Waals surface area contributed by atoms with E-state index in [0.29, 0.717) is 4.47 Å². The van der Waals surface area contributed by atoms with Crippen molar-refractivity contribution in [2.75, 3.05) is 6.26 Å². The molecule has 0 aromatic heterocycles. The Balaban J connectivity index is 2.63. The van der Waals surface area contributed by atoms with Gasteiger partial charge >= 0.3 is 11.7 Å². The number of nitrogens with zero attached hydrogens (tertiary/aromatic N) is 4. The molecule has 0 spiro atoms. The minimum absolute atomic E-state index is 0.120. The van der Waals surface area contributed by atoms with Crippen molar-refractivity contribution < 1.29 is 19.6 Å². The van der Waals surface area contributed by atoms with Crippen LogP contribution in [-0.4, -0.2) is 38.5 Å². The van der Waals surface area contributed by atoms with E-state index in [-0.39, 0.29) is 22.9 Å². The van der Waals surface area contributed by atoms with Gasteiger partial charge in [0.1, 0.15) is 17.4 Å². The van der Waals surface area contributed by atoms with Gasteiger partial charge in [-0.2, -0.15) is 5.26 Å². The van der Waals surface area contributed by atoms with Gasteiger partial charge < -0.3 is 9.84 Å². The highest BCUT2D eigenvalue weighted by molar-refractivity contribution is 9.10. The number of aliphatic carboxylic acids is 1. The maximum absolute atomic E-state index is 11.7. The van der Waals surface area contributed by atoms with E-state index in [1.807, 2.05) is 6.07 Å². The maximum atomic E-state index is 11.7. The molecule has 1 aliphatic heterocycles. The number of nitriles is 1. The number of ether oxygens (including phenoxy) is 1. The average molecular weight is 456 g/mol. The summed E-state index contributed by atoms with van der Waals surface area (Å²) >= 11 is 4.37. The molecule has 1 aliphatic rings. The van der Waals surface area contributed by atoms with Gasteiger partial charge in [0.05, 0.1) is 16.6 Å². The second kappa shape index (κ2) is 8.38. The van der Waals surface area contributed by atoms with E-state index in [1.54, 1.807) is 12.3 Å². The Morgan fingerprint density at radius 1 is 1.59 bits per heavy atom. The summed E-state index contributed by atoms with van der Waals surface area (Å²) in [6.45, 7) is 1.29. The molecule has 1 aromatic rings. The summed E-state index contributed by atoms with van der Waals surface area (Å²) in [5.74, 6) is 3.19. The molecule has 2 unspecified atom stereocenters. The number of benzene rings is 1. The van der Waals surface area contributed by atoms with Crippen molar-refractivity contribution in [2.24, 2.45) is 16.8 Å². The first-order valence-electron chi connectivity index (χ1n) is 7.34. The Morgan fingerprint density at radius 3 is 2.78 bits per heavy atom. The van der Waals surface area contributed by atoms with E-state index in [4.69, 9.17) is 15.8 Å². The van der Waals surface area contributed by atoms with Crippen molar-refractivity contribution in [2.45, 2.75) is 12.4 Å². The van der Waals surface area contributed by atoms with E-state index in [2.05, 4.69) is 20.9 Å². The van der Waals surface area contributed by atoms with E-state index < -0.39 is 28.0 Å². The average Bonchev–Trinajstić information content (AvgIpc) is 2.61. The lowest BCUT2D eigenvalue weighted by molar-refractivity contribution is -0.420. The van der Waals surface area contributed by atoms with Crippen LogP contribution < -0.4 is 10.6 Å². The van der Waals surface area contributed by atoms with E-state index in [1.165, 1.54) is 19.1 Å². The Morgan fingerprint density at radius 2 is 2.26 bits per heavy atom. The van der Waals surface area contributed by atoms with Crippen LogP contribution in [0, 0.1) is 27.4 Å². The van der Waals surface area contributed by atoms with Crippen molar-refractivity contribution in [3.8, 4) is 11.8 Å². The van der Waals surface area contributed by atoms with Crippen LogP contribution in [0.15, 0.2) is 39.2 Å². The van der Waals surface area contributed by atoms with Gasteiger partial charge in [-0.15, -0.1) is 11.8 Å². The summed E-state index contributed by atoms with van der Waals surface area (Å²) < 4.78 is 6.15. The van der Waals surface area contributed by atoms with E-state index in [0.717, 1.165) is 16.8 Å². The van der Waals surface area contributed by atoms with Crippen molar-refractivity contribution >= 4 is 39.4 Å². The molecule has 142 valence electrons. The second-order valence-corrected chi connectivity index (χ2v) is 7.15. The van der Waals surface area contributed by atoms with Crippen LogP contribution in [0.5, 0.6) is 5.75 Å². The van der Waals surface area contributed by atoms with Gasteiger partial charge in [-0.3, -0.25) is 14.9 Å². The maximum Gasteiger partial charge on any atom is 0.352 e. The van der Waals surface area contributed by atoms with Gasteiger partial charge in [0.15, 0.2) is 5.50 Å². The van der Waals surface area contributed by atoms with Crippen LogP contribution in [0.25, 0.3) is 0 Å². The third-order valence-corrected chi connectivity index (χ3v) is 4.77. The summed E-state index contributed by atoms with van der Waals surface area (Å²) in [7, 11) is 0. The number of hydrogen-bond donors (Lipinski definition) is 2. The first-order chi connectivity index (χ1) is 12.7. The number of thioether (sulfide) groups is 1. The first-order valence-corrected chi connectivity index (χ1v) is 9.42. The van der Waals surface area contributed by atoms with Gasteiger partial charge in [-0.25, -0.2) is 15.8 Å². The van der Waals surface area contributed by atoms with Crippen LogP contribution in [0.2, 0.25) is 0 Å². The molecule has 2 rings (SSSR count). The Hall–Kier alpha value is -2.62. The fraction of sp³-hybridized carbons (Fsp3) is 0.267. The molecule has 27 heavy (non-hydrogen) atoms. The number of aliphatic imine (C=N–C) groups is 1. The largest absolute Gasteiger partial charge is 0.481 e. The first kappa shape index (κ1) is 20.7. The number of hydrazine groups is 1. The summed E-state index contributed by atoms with van der Waals surface area (Å²) in [5.41, 5.74) is -1.45. The quantitative estimate of drug-likeness (QED) is 0.372. The number of nitro groups is 1. The zero-order valence-corrected chi connectivity index (χ0v) is 16.5. The Kier molecular flexibility index (Phi) is 6.42. The van der Waals surface area contributed by atoms with Gasteiger partial charge in [0.2, 0.25) is 0 Å². The Labute approximate surface area is 166 Å². The predicted octanol–water partition coefficient (Wildman–Crippen LogP) is 2.14. The number of rotatable bonds is 6. The molecule has 12 heteroatoms. The zero-order chi connectivity index (χ0) is 20.3. The van der Waals surface area contributed by atoms with E-state index >= 15 is 0 Å². The topological polar surface area (TPSA) is 155 Å². The van der Waals surface area contributed by atoms with Crippen molar-refractivity contribution in [1.29, 1.82) is 5.26 Å². The minimum atomic E-state index is -1.27. The van der Waals surface area contributed by atoms with E-state index in [9.17, 15) is 20.0 Å². The minimum Gasteiger partial charge on any atom is -0.481 e. The van der Waals surface area contributed by atoms with Crippen LogP contribution >= 0.6 is 27.7 Å². The third-order valence-electron chi connectivity index (χ3n) is 3.56. The van der Waals surface area contributed by atoms with Crippen molar-refractivity contribution in [1.82, 2.24) is 5.01 Å². The molecule has 10 nitrogen and oxygen atoms in total. The van der Waals surface area contributed by atoms with Gasteiger partial charge in [-0.1, -0.05) is 15.9 Å². The number of carbonyl (C=O) groups is 1. The highest BCUT2D eigenvalue weighted by Crippen LogP contribution is 2.31. The van der Waals surface area contributed by atoms with Crippen molar-refractivity contribution in [3.63, 3.8) is 0 Å². The van der Waals surface area contributed by atoms with Crippen LogP contribution in [-0.2, 0) is 4.79 Å². The Bertz CT molecular complexity index is 897. The van der Waals surface area contributed by atoms with Gasteiger partial charge in [0, 0.05) is 4.47 Å². The molecule has 0 saturated carbocycles. The molecular formula is C15H14BrN5O5S. The molecule has 1 aromatic carbocycles. The molecule has 0 bridgehead atoms. The number of nitrogens with two attached hydrogens (primary N) is 1. The monoisotopic (exact) mass is 455 g/mol. The summed E-state index contributed by atoms with van der Waals surface area (Å²) in [5, 5.41) is 31.0. The van der Waals surface area contributed by atoms with Crippen LogP contribution in [0.4, 0.5) is 0 Å². The molecule has 0 saturated heterocycles. The number of hydrogen-bond acceptors (Lipinski definition) is 9. The summed E-state index contributed by atoms with van der Waals surface area (Å²) in [4.78, 5) is 26.4. The lowest BCUT2D eigenvalue weighted by atomic mass is 10.0. The molecule has 2 atom stereocenters. The summed E-state index contributed by atoms with van der Waals surface area (Å²) in [6, 6.07) is 6.36.